The molecule has 0 aliphatic heterocycles. The summed E-state index contributed by atoms with van der Waals surface area (Å²) in [5.74, 6) is -0.138. The summed E-state index contributed by atoms with van der Waals surface area (Å²) < 4.78 is 13.4. The van der Waals surface area contributed by atoms with Crippen LogP contribution in [-0.4, -0.2) is 22.5 Å². The summed E-state index contributed by atoms with van der Waals surface area (Å²) in [5, 5.41) is 4.09. The van der Waals surface area contributed by atoms with Gasteiger partial charge in [-0.1, -0.05) is 49.7 Å². The van der Waals surface area contributed by atoms with E-state index in [1.54, 1.807) is 17.0 Å². The first kappa shape index (κ1) is 19.1. The largest absolute Gasteiger partial charge is 0.322 e. The van der Waals surface area contributed by atoms with E-state index in [2.05, 4.69) is 10.3 Å². The second-order valence-electron chi connectivity index (χ2n) is 6.85. The molecule has 0 bridgehead atoms. The van der Waals surface area contributed by atoms with Gasteiger partial charge in [-0.15, -0.1) is 0 Å². The number of hydrogen-bond acceptors (Lipinski definition) is 2. The Kier molecular flexibility index (Phi) is 5.91. The van der Waals surface area contributed by atoms with E-state index in [-0.39, 0.29) is 11.9 Å². The van der Waals surface area contributed by atoms with Crippen LogP contribution < -0.4 is 5.32 Å². The maximum Gasteiger partial charge on any atom is 0.322 e. The summed E-state index contributed by atoms with van der Waals surface area (Å²) in [6, 6.07) is 15.2. The SMILES string of the molecule is CC(C)CN(Cc1cc2ccccc2nc1Cl)C(=O)Nc1cccc(F)c1. The molecular weight excluding hydrogens is 365 g/mol. The summed E-state index contributed by atoms with van der Waals surface area (Å²) >= 11 is 6.35. The fraction of sp³-hybridized carbons (Fsp3) is 0.238. The number of hydrogen-bond donors (Lipinski definition) is 1. The van der Waals surface area contributed by atoms with Crippen molar-refractivity contribution in [1.29, 1.82) is 0 Å². The monoisotopic (exact) mass is 385 g/mol. The molecule has 2 amide bonds. The van der Waals surface area contributed by atoms with Crippen LogP contribution in [0.25, 0.3) is 10.9 Å². The second kappa shape index (κ2) is 8.35. The molecule has 2 aromatic carbocycles. The van der Waals surface area contributed by atoms with Crippen molar-refractivity contribution in [3.8, 4) is 0 Å². The fourth-order valence-corrected chi connectivity index (χ4v) is 3.09. The average Bonchev–Trinajstić information content (AvgIpc) is 2.61. The number of urea groups is 1. The number of rotatable bonds is 5. The molecule has 27 heavy (non-hydrogen) atoms. The molecule has 1 aromatic heterocycles. The van der Waals surface area contributed by atoms with Crippen molar-refractivity contribution in [2.75, 3.05) is 11.9 Å². The summed E-state index contributed by atoms with van der Waals surface area (Å²) in [6.07, 6.45) is 0. The van der Waals surface area contributed by atoms with E-state index in [0.29, 0.717) is 23.9 Å². The molecule has 3 rings (SSSR count). The number of amides is 2. The molecule has 0 spiro atoms. The van der Waals surface area contributed by atoms with Crippen LogP contribution in [0.5, 0.6) is 0 Å². The van der Waals surface area contributed by atoms with Gasteiger partial charge in [-0.2, -0.15) is 0 Å². The number of carbonyl (C=O) groups is 1. The Bertz CT molecular complexity index is 961. The number of nitrogens with one attached hydrogen (secondary N) is 1. The van der Waals surface area contributed by atoms with Crippen molar-refractivity contribution in [2.24, 2.45) is 5.92 Å². The lowest BCUT2D eigenvalue weighted by atomic mass is 10.1. The number of nitrogens with zero attached hydrogens (tertiary/aromatic N) is 2. The minimum absolute atomic E-state index is 0.260. The number of para-hydroxylation sites is 1. The third-order valence-electron chi connectivity index (χ3n) is 4.06. The van der Waals surface area contributed by atoms with Gasteiger partial charge in [-0.25, -0.2) is 14.2 Å². The van der Waals surface area contributed by atoms with E-state index in [9.17, 15) is 9.18 Å². The maximum absolute atomic E-state index is 13.4. The molecule has 0 saturated carbocycles. The Balaban J connectivity index is 1.84. The second-order valence-corrected chi connectivity index (χ2v) is 7.20. The van der Waals surface area contributed by atoms with Crippen LogP contribution in [0, 0.1) is 11.7 Å². The number of fused-ring (bicyclic) bond motifs is 1. The lowest BCUT2D eigenvalue weighted by Gasteiger charge is -2.25. The lowest BCUT2D eigenvalue weighted by molar-refractivity contribution is 0.201. The van der Waals surface area contributed by atoms with Crippen LogP contribution in [0.3, 0.4) is 0 Å². The van der Waals surface area contributed by atoms with Crippen molar-refractivity contribution < 1.29 is 9.18 Å². The van der Waals surface area contributed by atoms with Gasteiger partial charge in [0, 0.05) is 23.2 Å². The van der Waals surface area contributed by atoms with Gasteiger partial charge in [0.1, 0.15) is 11.0 Å². The number of aromatic nitrogens is 1. The van der Waals surface area contributed by atoms with Crippen molar-refractivity contribution in [2.45, 2.75) is 20.4 Å². The van der Waals surface area contributed by atoms with Crippen LogP contribution in [0.1, 0.15) is 19.4 Å². The first-order valence-corrected chi connectivity index (χ1v) is 9.16. The third kappa shape index (κ3) is 4.95. The van der Waals surface area contributed by atoms with Crippen LogP contribution in [0.15, 0.2) is 54.6 Å². The quantitative estimate of drug-likeness (QED) is 0.571. The fourth-order valence-electron chi connectivity index (χ4n) is 2.88. The maximum atomic E-state index is 13.4. The smallest absolute Gasteiger partial charge is 0.320 e. The van der Waals surface area contributed by atoms with Crippen molar-refractivity contribution >= 4 is 34.2 Å². The van der Waals surface area contributed by atoms with Gasteiger partial charge < -0.3 is 10.2 Å². The Morgan fingerprint density at radius 2 is 1.96 bits per heavy atom. The van der Waals surface area contributed by atoms with Gasteiger partial charge in [0.15, 0.2) is 0 Å². The highest BCUT2D eigenvalue weighted by molar-refractivity contribution is 6.30. The summed E-state index contributed by atoms with van der Waals surface area (Å²) in [4.78, 5) is 18.8. The number of benzene rings is 2. The molecule has 6 heteroatoms. The normalized spacial score (nSPS) is 11.0. The van der Waals surface area contributed by atoms with E-state index >= 15 is 0 Å². The van der Waals surface area contributed by atoms with E-state index in [0.717, 1.165) is 16.5 Å². The highest BCUT2D eigenvalue weighted by Crippen LogP contribution is 2.23. The Labute approximate surface area is 163 Å². The van der Waals surface area contributed by atoms with Gasteiger partial charge in [0.2, 0.25) is 0 Å². The van der Waals surface area contributed by atoms with Gasteiger partial charge >= 0.3 is 6.03 Å². The van der Waals surface area contributed by atoms with Gasteiger partial charge in [-0.05, 0) is 36.2 Å². The Morgan fingerprint density at radius 1 is 1.19 bits per heavy atom. The number of anilines is 1. The third-order valence-corrected chi connectivity index (χ3v) is 4.39. The Morgan fingerprint density at radius 3 is 2.70 bits per heavy atom. The van der Waals surface area contributed by atoms with Crippen molar-refractivity contribution in [1.82, 2.24) is 9.88 Å². The minimum Gasteiger partial charge on any atom is -0.320 e. The average molecular weight is 386 g/mol. The predicted molar refractivity (Wildman–Crippen MR) is 107 cm³/mol. The highest BCUT2D eigenvalue weighted by atomic mass is 35.5. The van der Waals surface area contributed by atoms with Crippen LogP contribution in [0.2, 0.25) is 5.15 Å². The molecule has 4 nitrogen and oxygen atoms in total. The number of carbonyl (C=O) groups excluding carboxylic acids is 1. The standard InChI is InChI=1S/C21H21ClFN3O/c1-14(2)12-26(21(27)24-18-8-5-7-17(23)11-18)13-16-10-15-6-3-4-9-19(15)25-20(16)22/h3-11,14H,12-13H2,1-2H3,(H,24,27). The summed E-state index contributed by atoms with van der Waals surface area (Å²) in [6.45, 7) is 4.91. The van der Waals surface area contributed by atoms with Crippen molar-refractivity contribution in [3.05, 3.63) is 71.1 Å². The topological polar surface area (TPSA) is 45.2 Å². The van der Waals surface area contributed by atoms with Gasteiger partial charge in [-0.3, -0.25) is 0 Å². The van der Waals surface area contributed by atoms with Crippen LogP contribution in [0.4, 0.5) is 14.9 Å². The molecule has 1 heterocycles. The minimum atomic E-state index is -0.398. The molecule has 1 N–H and O–H groups in total. The van der Waals surface area contributed by atoms with Crippen LogP contribution in [-0.2, 0) is 6.54 Å². The first-order chi connectivity index (χ1) is 12.9. The highest BCUT2D eigenvalue weighted by Gasteiger charge is 2.18. The lowest BCUT2D eigenvalue weighted by Crippen LogP contribution is -2.37. The molecule has 0 atom stereocenters. The number of halogens is 2. The summed E-state index contributed by atoms with van der Waals surface area (Å²) in [7, 11) is 0. The molecule has 0 radical (unpaired) electrons. The van der Waals surface area contributed by atoms with E-state index in [4.69, 9.17) is 11.6 Å². The molecule has 0 aliphatic rings. The predicted octanol–water partition coefficient (Wildman–Crippen LogP) is 5.72. The molecule has 0 saturated heterocycles. The Hall–Kier alpha value is -2.66. The number of pyridine rings is 1. The van der Waals surface area contributed by atoms with Crippen LogP contribution >= 0.6 is 11.6 Å². The first-order valence-electron chi connectivity index (χ1n) is 8.78. The zero-order valence-electron chi connectivity index (χ0n) is 15.2. The molecule has 0 unspecified atom stereocenters. The zero-order valence-corrected chi connectivity index (χ0v) is 16.0. The molecule has 0 aliphatic carbocycles. The summed E-state index contributed by atoms with van der Waals surface area (Å²) in [5.41, 5.74) is 1.99. The molecule has 140 valence electrons. The zero-order chi connectivity index (χ0) is 19.4. The molecule has 0 fully saturated rings. The van der Waals surface area contributed by atoms with E-state index in [1.807, 2.05) is 44.2 Å². The van der Waals surface area contributed by atoms with E-state index in [1.165, 1.54) is 12.1 Å². The van der Waals surface area contributed by atoms with Gasteiger partial charge in [0.05, 0.1) is 12.1 Å². The molecular formula is C21H21ClFN3O. The van der Waals surface area contributed by atoms with Crippen molar-refractivity contribution in [3.63, 3.8) is 0 Å². The van der Waals surface area contributed by atoms with E-state index < -0.39 is 5.82 Å². The van der Waals surface area contributed by atoms with Gasteiger partial charge in [0.25, 0.3) is 0 Å². The molecule has 3 aromatic rings.